The van der Waals surface area contributed by atoms with Crippen molar-refractivity contribution in [2.45, 2.75) is 45.4 Å². The van der Waals surface area contributed by atoms with Gasteiger partial charge in [0.1, 0.15) is 11.6 Å². The van der Waals surface area contributed by atoms with E-state index in [1.807, 2.05) is 0 Å². The summed E-state index contributed by atoms with van der Waals surface area (Å²) < 4.78 is 74.8. The van der Waals surface area contributed by atoms with Gasteiger partial charge in [0, 0.05) is 17.2 Å². The maximum atomic E-state index is 14.5. The van der Waals surface area contributed by atoms with Crippen LogP contribution >= 0.6 is 0 Å². The molecular weight excluding hydrogens is 538 g/mol. The van der Waals surface area contributed by atoms with Crippen LogP contribution in [0.25, 0.3) is 11.5 Å². The molecule has 1 fully saturated rings. The maximum Gasteiger partial charge on any atom is 0.387 e. The first-order valence-electron chi connectivity index (χ1n) is 12.5. The number of nitrogens with zero attached hydrogens (tertiary/aromatic N) is 1. The zero-order valence-electron chi connectivity index (χ0n) is 21.6. The second-order valence-corrected chi connectivity index (χ2v) is 9.14. The van der Waals surface area contributed by atoms with E-state index in [0.717, 1.165) is 25.0 Å². The van der Waals surface area contributed by atoms with Crippen LogP contribution in [-0.2, 0) is 9.53 Å². The molecule has 0 saturated heterocycles. The predicted octanol–water partition coefficient (Wildman–Crippen LogP) is 5.06. The fourth-order valence-corrected chi connectivity index (χ4v) is 3.79. The van der Waals surface area contributed by atoms with Crippen LogP contribution in [0.1, 0.15) is 60.6 Å². The molecule has 1 saturated carbocycles. The molecule has 3 aromatic rings. The van der Waals surface area contributed by atoms with E-state index < -0.39 is 42.2 Å². The lowest BCUT2D eigenvalue weighted by molar-refractivity contribution is -0.145. The van der Waals surface area contributed by atoms with Gasteiger partial charge in [-0.15, -0.1) is 0 Å². The summed E-state index contributed by atoms with van der Waals surface area (Å²) >= 11 is 0. The average Bonchev–Trinajstić information content (AvgIpc) is 3.61. The predicted molar refractivity (Wildman–Crippen MR) is 133 cm³/mol. The van der Waals surface area contributed by atoms with Crippen LogP contribution in [-0.4, -0.2) is 36.7 Å². The van der Waals surface area contributed by atoms with E-state index in [9.17, 15) is 27.2 Å². The zero-order valence-corrected chi connectivity index (χ0v) is 21.6. The molecule has 214 valence electrons. The minimum absolute atomic E-state index is 0.0328. The highest BCUT2D eigenvalue weighted by atomic mass is 19.3. The molecule has 1 heterocycles. The van der Waals surface area contributed by atoms with Crippen LogP contribution < -0.4 is 20.5 Å². The molecule has 0 aliphatic heterocycles. The van der Waals surface area contributed by atoms with Gasteiger partial charge in [0.15, 0.2) is 29.0 Å². The molecule has 2 aromatic carbocycles. The van der Waals surface area contributed by atoms with Gasteiger partial charge in [0.25, 0.3) is 5.91 Å². The quantitative estimate of drug-likeness (QED) is 0.231. The maximum absolute atomic E-state index is 14.5. The van der Waals surface area contributed by atoms with E-state index in [0.29, 0.717) is 18.6 Å². The van der Waals surface area contributed by atoms with E-state index in [1.54, 1.807) is 0 Å². The van der Waals surface area contributed by atoms with Gasteiger partial charge >= 0.3 is 12.6 Å². The number of benzene rings is 2. The molecule has 13 heteroatoms. The second-order valence-electron chi connectivity index (χ2n) is 9.14. The number of rotatable bonds is 12. The molecule has 3 N–H and O–H groups in total. The van der Waals surface area contributed by atoms with Gasteiger partial charge < -0.3 is 29.7 Å². The summed E-state index contributed by atoms with van der Waals surface area (Å²) in [6, 6.07) is 4.05. The molecule has 9 nitrogen and oxygen atoms in total. The molecule has 1 aliphatic carbocycles. The van der Waals surface area contributed by atoms with Gasteiger partial charge in [0.2, 0.25) is 5.89 Å². The molecule has 1 amide bonds. The molecule has 0 radical (unpaired) electrons. The number of ether oxygens (including phenoxy) is 3. The summed E-state index contributed by atoms with van der Waals surface area (Å²) in [7, 11) is 0. The topological polar surface area (TPSA) is 126 Å². The first kappa shape index (κ1) is 28.9. The van der Waals surface area contributed by atoms with E-state index >= 15 is 0 Å². The second kappa shape index (κ2) is 12.4. The van der Waals surface area contributed by atoms with Gasteiger partial charge in [-0.3, -0.25) is 4.79 Å². The molecular formula is C27H27F4N3O6. The fraction of sp³-hybridized carbons (Fsp3) is 0.370. The number of amides is 1. The Hall–Kier alpha value is -4.13. The first-order valence-corrected chi connectivity index (χ1v) is 12.5. The number of halogens is 4. The summed E-state index contributed by atoms with van der Waals surface area (Å²) in [4.78, 5) is 30.1. The number of hydrogen-bond donors (Lipinski definition) is 2. The van der Waals surface area contributed by atoms with Gasteiger partial charge in [-0.05, 0) is 56.9 Å². The molecule has 40 heavy (non-hydrogen) atoms. The molecule has 0 bridgehead atoms. The molecule has 2 atom stereocenters. The van der Waals surface area contributed by atoms with Crippen LogP contribution in [0.5, 0.6) is 11.5 Å². The third-order valence-corrected chi connectivity index (χ3v) is 5.93. The van der Waals surface area contributed by atoms with Crippen molar-refractivity contribution in [2.24, 2.45) is 11.7 Å². The number of esters is 1. The summed E-state index contributed by atoms with van der Waals surface area (Å²) in [5.41, 5.74) is 5.62. The number of oxazole rings is 1. The minimum Gasteiger partial charge on any atom is -0.489 e. The Kier molecular flexibility index (Phi) is 8.93. The number of carbonyl (C=O) groups excluding carboxylic acids is 2. The number of aromatic nitrogens is 1. The number of nitrogens with two attached hydrogens (primary N) is 1. The lowest BCUT2D eigenvalue weighted by atomic mass is 10.1. The highest BCUT2D eigenvalue weighted by Crippen LogP contribution is 2.37. The van der Waals surface area contributed by atoms with Crippen LogP contribution in [0.15, 0.2) is 40.8 Å². The Balaban J connectivity index is 1.66. The lowest BCUT2D eigenvalue weighted by Gasteiger charge is -2.18. The average molecular weight is 566 g/mol. The van der Waals surface area contributed by atoms with Crippen molar-refractivity contribution in [2.75, 3.05) is 13.2 Å². The first-order chi connectivity index (χ1) is 19.1. The molecule has 0 unspecified atom stereocenters. The van der Waals surface area contributed by atoms with Crippen molar-refractivity contribution in [3.8, 4) is 23.0 Å². The minimum atomic E-state index is -3.07. The highest BCUT2D eigenvalue weighted by Gasteiger charge is 2.31. The Morgan fingerprint density at radius 3 is 2.52 bits per heavy atom. The SMILES string of the molecule is CCOC(=O)[C@H](NC(=O)c1nc(-c2ccc(OC(F)F)c(OCC3CC3)c2)oc1[C@H](C)N)c1ccc(F)cc1F. The van der Waals surface area contributed by atoms with Crippen molar-refractivity contribution in [1.82, 2.24) is 10.3 Å². The molecule has 1 aromatic heterocycles. The number of alkyl halides is 2. The van der Waals surface area contributed by atoms with Crippen molar-refractivity contribution in [3.05, 3.63) is 65.1 Å². The largest absolute Gasteiger partial charge is 0.489 e. The smallest absolute Gasteiger partial charge is 0.387 e. The molecule has 1 aliphatic rings. The summed E-state index contributed by atoms with van der Waals surface area (Å²) in [5.74, 6) is -3.88. The van der Waals surface area contributed by atoms with Crippen LogP contribution in [0.2, 0.25) is 0 Å². The number of hydrogen-bond acceptors (Lipinski definition) is 8. The standard InChI is InChI=1S/C27H27F4N3O6/c1-3-37-26(36)21(17-8-7-16(28)11-18(17)29)33-24(35)22-23(13(2)32)40-25(34-22)15-6-9-19(39-27(30)31)20(10-15)38-12-14-4-5-14/h6-11,13-14,21,27H,3-5,12,32H2,1-2H3,(H,33,35)/t13-,21+/m0/s1. The van der Waals surface area contributed by atoms with Crippen molar-refractivity contribution < 1.29 is 45.8 Å². The molecule has 4 rings (SSSR count). The Morgan fingerprint density at radius 1 is 1.15 bits per heavy atom. The summed E-state index contributed by atoms with van der Waals surface area (Å²) in [6.07, 6.45) is 1.94. The highest BCUT2D eigenvalue weighted by molar-refractivity contribution is 5.97. The van der Waals surface area contributed by atoms with Gasteiger partial charge in [-0.25, -0.2) is 18.6 Å². The number of nitrogens with one attached hydrogen (secondary N) is 1. The molecule has 0 spiro atoms. The normalized spacial score (nSPS) is 14.5. The van der Waals surface area contributed by atoms with Gasteiger partial charge in [0.05, 0.1) is 19.3 Å². The fourth-order valence-electron chi connectivity index (χ4n) is 3.79. The van der Waals surface area contributed by atoms with E-state index in [4.69, 9.17) is 19.6 Å². The Morgan fingerprint density at radius 2 is 1.90 bits per heavy atom. The van der Waals surface area contributed by atoms with Crippen molar-refractivity contribution >= 4 is 11.9 Å². The van der Waals surface area contributed by atoms with Crippen LogP contribution in [0.3, 0.4) is 0 Å². The van der Waals surface area contributed by atoms with E-state index in [1.165, 1.54) is 32.0 Å². The van der Waals surface area contributed by atoms with Crippen LogP contribution in [0, 0.1) is 17.6 Å². The third kappa shape index (κ3) is 6.89. The summed E-state index contributed by atoms with van der Waals surface area (Å²) in [6.45, 7) is 0.212. The lowest BCUT2D eigenvalue weighted by Crippen LogP contribution is -2.36. The van der Waals surface area contributed by atoms with Gasteiger partial charge in [-0.1, -0.05) is 6.07 Å². The van der Waals surface area contributed by atoms with E-state index in [-0.39, 0.29) is 46.6 Å². The van der Waals surface area contributed by atoms with E-state index in [2.05, 4.69) is 15.0 Å². The summed E-state index contributed by atoms with van der Waals surface area (Å²) in [5, 5.41) is 2.35. The van der Waals surface area contributed by atoms with Crippen molar-refractivity contribution in [3.63, 3.8) is 0 Å². The third-order valence-electron chi connectivity index (χ3n) is 5.93. The van der Waals surface area contributed by atoms with Crippen LogP contribution in [0.4, 0.5) is 17.6 Å². The van der Waals surface area contributed by atoms with Gasteiger partial charge in [-0.2, -0.15) is 8.78 Å². The Labute approximate surface area is 226 Å². The monoisotopic (exact) mass is 565 g/mol. The number of carbonyl (C=O) groups is 2. The Bertz CT molecular complexity index is 1380. The zero-order chi connectivity index (χ0) is 29.0. The van der Waals surface area contributed by atoms with Crippen molar-refractivity contribution in [1.29, 1.82) is 0 Å².